The fraction of sp³-hybridized carbons (Fsp3) is 0.0526. The molecule has 0 bridgehead atoms. The molecule has 0 saturated carbocycles. The number of rotatable bonds is 4. The Morgan fingerprint density at radius 3 is 2.04 bits per heavy atom. The summed E-state index contributed by atoms with van der Waals surface area (Å²) in [4.78, 5) is 12.1. The third kappa shape index (κ3) is 4.62. The molecule has 0 saturated heterocycles. The Bertz CT molecular complexity index is 1010. The highest BCUT2D eigenvalue weighted by Crippen LogP contribution is 2.29. The Morgan fingerprint density at radius 1 is 0.893 bits per heavy atom. The fourth-order valence-electron chi connectivity index (χ4n) is 2.24. The summed E-state index contributed by atoms with van der Waals surface area (Å²) in [5, 5.41) is 22.0. The second kappa shape index (κ2) is 7.75. The van der Waals surface area contributed by atoms with Crippen LogP contribution < -0.4 is 10.6 Å². The number of hydrogen-bond acceptors (Lipinski definition) is 5. The van der Waals surface area contributed by atoms with Gasteiger partial charge in [0.25, 0.3) is 5.91 Å². The molecule has 2 aromatic carbocycles. The summed E-state index contributed by atoms with van der Waals surface area (Å²) < 4.78 is 37.7. The average Bonchev–Trinajstić information content (AvgIpc) is 2.69. The van der Waals surface area contributed by atoms with Crippen LogP contribution in [0.3, 0.4) is 0 Å². The van der Waals surface area contributed by atoms with Crippen LogP contribution in [-0.4, -0.2) is 16.1 Å². The van der Waals surface area contributed by atoms with Crippen LogP contribution in [0.1, 0.15) is 21.5 Å². The van der Waals surface area contributed by atoms with Crippen LogP contribution in [0.25, 0.3) is 0 Å². The summed E-state index contributed by atoms with van der Waals surface area (Å²) in [5.74, 6) is -0.0386. The smallest absolute Gasteiger partial charge is 0.339 e. The van der Waals surface area contributed by atoms with E-state index in [0.717, 1.165) is 24.3 Å². The van der Waals surface area contributed by atoms with Crippen molar-refractivity contribution in [3.05, 3.63) is 77.4 Å². The van der Waals surface area contributed by atoms with E-state index >= 15 is 0 Å². The van der Waals surface area contributed by atoms with Gasteiger partial charge in [-0.1, -0.05) is 0 Å². The highest BCUT2D eigenvalue weighted by atomic mass is 19.4. The number of nitrogens with one attached hydrogen (secondary N) is 2. The summed E-state index contributed by atoms with van der Waals surface area (Å²) in [6.45, 7) is 0. The van der Waals surface area contributed by atoms with Gasteiger partial charge in [-0.15, -0.1) is 10.2 Å². The number of aromatic nitrogens is 2. The van der Waals surface area contributed by atoms with Crippen molar-refractivity contribution in [2.45, 2.75) is 6.18 Å². The van der Waals surface area contributed by atoms with Crippen molar-refractivity contribution < 1.29 is 18.0 Å². The first-order valence-electron chi connectivity index (χ1n) is 7.95. The van der Waals surface area contributed by atoms with E-state index in [1.807, 2.05) is 6.07 Å². The minimum absolute atomic E-state index is 0.0644. The van der Waals surface area contributed by atoms with Crippen LogP contribution in [0.5, 0.6) is 0 Å². The van der Waals surface area contributed by atoms with Crippen molar-refractivity contribution in [3.63, 3.8) is 0 Å². The molecular formula is C19H12F3N5O. The number of nitrogens with zero attached hydrogens (tertiary/aromatic N) is 3. The first kappa shape index (κ1) is 18.8. The molecule has 28 heavy (non-hydrogen) atoms. The lowest BCUT2D eigenvalue weighted by atomic mass is 10.1. The molecule has 0 radical (unpaired) electrons. The normalized spacial score (nSPS) is 10.8. The number of anilines is 3. The number of benzene rings is 2. The van der Waals surface area contributed by atoms with Gasteiger partial charge in [-0.2, -0.15) is 18.4 Å². The number of nitriles is 1. The summed E-state index contributed by atoms with van der Waals surface area (Å²) in [6.07, 6.45) is -4.46. The maximum atomic E-state index is 12.6. The van der Waals surface area contributed by atoms with Crippen molar-refractivity contribution in [1.29, 1.82) is 5.26 Å². The molecule has 1 aromatic heterocycles. The summed E-state index contributed by atoms with van der Waals surface area (Å²) in [7, 11) is 0. The van der Waals surface area contributed by atoms with Crippen molar-refractivity contribution in [3.8, 4) is 6.07 Å². The molecule has 9 heteroatoms. The molecule has 0 aliphatic heterocycles. The van der Waals surface area contributed by atoms with Gasteiger partial charge in [0.1, 0.15) is 0 Å². The highest BCUT2D eigenvalue weighted by molar-refractivity contribution is 6.03. The second-order valence-corrected chi connectivity index (χ2v) is 5.65. The van der Waals surface area contributed by atoms with Gasteiger partial charge in [0.05, 0.1) is 17.2 Å². The van der Waals surface area contributed by atoms with Gasteiger partial charge >= 0.3 is 6.18 Å². The SMILES string of the molecule is N#Cc1ccc(Nc2ccc(NC(=O)c3ccc(C(F)(F)F)cc3)nn2)cc1. The third-order valence-corrected chi connectivity index (χ3v) is 3.67. The summed E-state index contributed by atoms with van der Waals surface area (Å²) >= 11 is 0. The predicted octanol–water partition coefficient (Wildman–Crippen LogP) is 4.36. The van der Waals surface area contributed by atoms with Gasteiger partial charge in [-0.3, -0.25) is 4.79 Å². The molecule has 3 aromatic rings. The molecule has 6 nitrogen and oxygen atoms in total. The first-order chi connectivity index (χ1) is 13.3. The van der Waals surface area contributed by atoms with Crippen LogP contribution in [0, 0.1) is 11.3 Å². The van der Waals surface area contributed by atoms with Gasteiger partial charge < -0.3 is 10.6 Å². The molecule has 2 N–H and O–H groups in total. The van der Waals surface area contributed by atoms with Crippen molar-refractivity contribution in [2.24, 2.45) is 0 Å². The Morgan fingerprint density at radius 2 is 1.50 bits per heavy atom. The van der Waals surface area contributed by atoms with Crippen LogP contribution in [0.15, 0.2) is 60.7 Å². The van der Waals surface area contributed by atoms with Gasteiger partial charge in [0.2, 0.25) is 0 Å². The number of amides is 1. The third-order valence-electron chi connectivity index (χ3n) is 3.67. The Kier molecular flexibility index (Phi) is 5.22. The zero-order chi connectivity index (χ0) is 20.1. The fourth-order valence-corrected chi connectivity index (χ4v) is 2.24. The van der Waals surface area contributed by atoms with E-state index < -0.39 is 17.6 Å². The first-order valence-corrected chi connectivity index (χ1v) is 7.95. The number of carbonyl (C=O) groups excluding carboxylic acids is 1. The lowest BCUT2D eigenvalue weighted by Gasteiger charge is -2.08. The van der Waals surface area contributed by atoms with Crippen molar-refractivity contribution in [1.82, 2.24) is 10.2 Å². The molecule has 0 atom stereocenters. The standard InChI is InChI=1S/C19H12F3N5O/c20-19(21,22)14-5-3-13(4-6-14)18(28)25-17-10-9-16(26-27-17)24-15-7-1-12(11-23)2-8-15/h1-10H,(H,24,26)(H,25,27,28). The quantitative estimate of drug-likeness (QED) is 0.698. The minimum Gasteiger partial charge on any atom is -0.339 e. The van der Waals surface area contributed by atoms with Crippen molar-refractivity contribution >= 4 is 23.2 Å². The van der Waals surface area contributed by atoms with Gasteiger partial charge in [0.15, 0.2) is 11.6 Å². The molecule has 0 spiro atoms. The molecule has 3 rings (SSSR count). The maximum absolute atomic E-state index is 12.6. The molecule has 1 amide bonds. The number of alkyl halides is 3. The van der Waals surface area contributed by atoms with E-state index in [-0.39, 0.29) is 11.4 Å². The Hall–Kier alpha value is -3.93. The van der Waals surface area contributed by atoms with Crippen molar-refractivity contribution in [2.75, 3.05) is 10.6 Å². The van der Waals surface area contributed by atoms with Crippen LogP contribution >= 0.6 is 0 Å². The topological polar surface area (TPSA) is 90.7 Å². The molecule has 0 unspecified atom stereocenters. The van der Waals surface area contributed by atoms with E-state index in [0.29, 0.717) is 17.1 Å². The number of hydrogen-bond donors (Lipinski definition) is 2. The summed E-state index contributed by atoms with van der Waals surface area (Å²) in [6, 6.07) is 15.7. The molecule has 0 fully saturated rings. The van der Waals surface area contributed by atoms with Crippen LogP contribution in [0.2, 0.25) is 0 Å². The lowest BCUT2D eigenvalue weighted by Crippen LogP contribution is -2.14. The molecule has 0 aliphatic rings. The largest absolute Gasteiger partial charge is 0.416 e. The van der Waals surface area contributed by atoms with Crippen LogP contribution in [-0.2, 0) is 6.18 Å². The van der Waals surface area contributed by atoms with Gasteiger partial charge in [-0.25, -0.2) is 0 Å². The average molecular weight is 383 g/mol. The zero-order valence-corrected chi connectivity index (χ0v) is 14.2. The van der Waals surface area contributed by atoms with Gasteiger partial charge in [0, 0.05) is 11.3 Å². The highest BCUT2D eigenvalue weighted by Gasteiger charge is 2.30. The zero-order valence-electron chi connectivity index (χ0n) is 14.2. The summed E-state index contributed by atoms with van der Waals surface area (Å²) in [5.41, 5.74) is 0.462. The van der Waals surface area contributed by atoms with E-state index in [9.17, 15) is 18.0 Å². The lowest BCUT2D eigenvalue weighted by molar-refractivity contribution is -0.137. The second-order valence-electron chi connectivity index (χ2n) is 5.65. The van der Waals surface area contributed by atoms with E-state index in [2.05, 4.69) is 20.8 Å². The Balaban J connectivity index is 1.63. The van der Waals surface area contributed by atoms with Gasteiger partial charge in [-0.05, 0) is 60.7 Å². The molecule has 140 valence electrons. The number of halogens is 3. The van der Waals surface area contributed by atoms with E-state index in [4.69, 9.17) is 5.26 Å². The molecular weight excluding hydrogens is 371 g/mol. The monoisotopic (exact) mass is 383 g/mol. The maximum Gasteiger partial charge on any atom is 0.416 e. The number of carbonyl (C=O) groups is 1. The minimum atomic E-state index is -4.46. The molecule has 1 heterocycles. The molecule has 0 aliphatic carbocycles. The van der Waals surface area contributed by atoms with E-state index in [1.165, 1.54) is 6.07 Å². The predicted molar refractivity (Wildman–Crippen MR) is 95.9 cm³/mol. The Labute approximate surface area is 157 Å². The van der Waals surface area contributed by atoms with Crippen LogP contribution in [0.4, 0.5) is 30.5 Å². The van der Waals surface area contributed by atoms with E-state index in [1.54, 1.807) is 30.3 Å².